The highest BCUT2D eigenvalue weighted by atomic mass is 32.1. The number of benzene rings is 1. The van der Waals surface area contributed by atoms with E-state index in [1.165, 1.54) is 29.0 Å². The van der Waals surface area contributed by atoms with Crippen LogP contribution in [0.2, 0.25) is 0 Å². The number of nitrogens with one attached hydrogen (secondary N) is 1. The summed E-state index contributed by atoms with van der Waals surface area (Å²) in [5.74, 6) is 0. The van der Waals surface area contributed by atoms with Crippen LogP contribution in [0.25, 0.3) is 0 Å². The van der Waals surface area contributed by atoms with Crippen molar-refractivity contribution < 1.29 is 0 Å². The molecule has 1 unspecified atom stereocenters. The molecule has 1 fully saturated rings. The molecule has 2 aromatic rings. The van der Waals surface area contributed by atoms with Crippen LogP contribution in [0.3, 0.4) is 0 Å². The lowest BCUT2D eigenvalue weighted by Gasteiger charge is -2.28. The molecule has 20 heavy (non-hydrogen) atoms. The Morgan fingerprint density at radius 2 is 2.05 bits per heavy atom. The Labute approximate surface area is 125 Å². The third-order valence-corrected chi connectivity index (χ3v) is 4.90. The first-order chi connectivity index (χ1) is 9.79. The maximum atomic E-state index is 3.37. The molecule has 0 spiro atoms. The Morgan fingerprint density at radius 3 is 2.70 bits per heavy atom. The van der Waals surface area contributed by atoms with Gasteiger partial charge in [-0.3, -0.25) is 0 Å². The van der Waals surface area contributed by atoms with Gasteiger partial charge < -0.3 is 10.2 Å². The fraction of sp³-hybridized carbons (Fsp3) is 0.412. The van der Waals surface area contributed by atoms with Crippen molar-refractivity contribution in [2.45, 2.75) is 38.4 Å². The quantitative estimate of drug-likeness (QED) is 0.856. The van der Waals surface area contributed by atoms with E-state index in [0.29, 0.717) is 6.04 Å². The van der Waals surface area contributed by atoms with Crippen molar-refractivity contribution in [3.63, 3.8) is 0 Å². The van der Waals surface area contributed by atoms with Crippen LogP contribution in [0.15, 0.2) is 41.8 Å². The van der Waals surface area contributed by atoms with Gasteiger partial charge in [0.15, 0.2) is 0 Å². The molecule has 1 aromatic carbocycles. The van der Waals surface area contributed by atoms with Crippen molar-refractivity contribution in [1.29, 1.82) is 0 Å². The number of rotatable bonds is 6. The minimum atomic E-state index is 0.385. The van der Waals surface area contributed by atoms with Crippen LogP contribution >= 0.6 is 11.3 Å². The molecule has 0 saturated heterocycles. The van der Waals surface area contributed by atoms with E-state index in [2.05, 4.69) is 58.9 Å². The zero-order chi connectivity index (χ0) is 13.9. The third-order valence-electron chi connectivity index (χ3n) is 4.04. The molecule has 1 saturated carbocycles. The summed E-state index contributed by atoms with van der Waals surface area (Å²) in [6.45, 7) is 3.27. The highest BCUT2D eigenvalue weighted by Crippen LogP contribution is 2.37. The molecule has 0 amide bonds. The van der Waals surface area contributed by atoms with Crippen molar-refractivity contribution in [2.24, 2.45) is 0 Å². The van der Waals surface area contributed by atoms with Gasteiger partial charge in [0.1, 0.15) is 0 Å². The van der Waals surface area contributed by atoms with Crippen molar-refractivity contribution in [3.05, 3.63) is 52.2 Å². The molecule has 1 heterocycles. The Kier molecular flexibility index (Phi) is 4.08. The second-order valence-corrected chi connectivity index (χ2v) is 6.54. The van der Waals surface area contributed by atoms with Gasteiger partial charge in [0.05, 0.1) is 6.54 Å². The monoisotopic (exact) mass is 286 g/mol. The van der Waals surface area contributed by atoms with E-state index < -0.39 is 0 Å². The zero-order valence-corrected chi connectivity index (χ0v) is 13.0. The van der Waals surface area contributed by atoms with Gasteiger partial charge in [0, 0.05) is 22.6 Å². The maximum Gasteiger partial charge on any atom is 0.0526 e. The molecule has 0 bridgehead atoms. The highest BCUT2D eigenvalue weighted by molar-refractivity contribution is 7.09. The Balaban J connectivity index is 1.91. The van der Waals surface area contributed by atoms with Gasteiger partial charge in [-0.05, 0) is 49.9 Å². The SMILES string of the molecule is CNC(C)c1ccccc1N(Cc1cccs1)C1CC1. The Bertz CT molecular complexity index is 546. The molecule has 0 aliphatic heterocycles. The number of hydrogen-bond acceptors (Lipinski definition) is 3. The van der Waals surface area contributed by atoms with Crippen LogP contribution in [0.4, 0.5) is 5.69 Å². The highest BCUT2D eigenvalue weighted by Gasteiger charge is 2.31. The fourth-order valence-corrected chi connectivity index (χ4v) is 3.34. The van der Waals surface area contributed by atoms with Crippen molar-refractivity contribution in [2.75, 3.05) is 11.9 Å². The van der Waals surface area contributed by atoms with E-state index in [1.54, 1.807) is 0 Å². The largest absolute Gasteiger partial charge is 0.363 e. The number of thiophene rings is 1. The van der Waals surface area contributed by atoms with Crippen LogP contribution in [-0.4, -0.2) is 13.1 Å². The second kappa shape index (κ2) is 5.98. The summed E-state index contributed by atoms with van der Waals surface area (Å²) in [7, 11) is 2.03. The molecule has 3 heteroatoms. The van der Waals surface area contributed by atoms with Crippen LogP contribution in [0, 0.1) is 0 Å². The van der Waals surface area contributed by atoms with Gasteiger partial charge in [-0.2, -0.15) is 0 Å². The number of nitrogens with zero attached hydrogens (tertiary/aromatic N) is 1. The Morgan fingerprint density at radius 1 is 1.25 bits per heavy atom. The molecule has 1 aliphatic carbocycles. The first-order valence-electron chi connectivity index (χ1n) is 7.35. The topological polar surface area (TPSA) is 15.3 Å². The summed E-state index contributed by atoms with van der Waals surface area (Å²) in [5, 5.41) is 5.54. The number of para-hydroxylation sites is 1. The molecule has 1 N–H and O–H groups in total. The van der Waals surface area contributed by atoms with Crippen molar-refractivity contribution >= 4 is 17.0 Å². The normalized spacial score (nSPS) is 16.1. The predicted octanol–water partition coefficient (Wildman–Crippen LogP) is 4.20. The van der Waals surface area contributed by atoms with E-state index in [0.717, 1.165) is 12.6 Å². The summed E-state index contributed by atoms with van der Waals surface area (Å²) in [4.78, 5) is 4.04. The van der Waals surface area contributed by atoms with E-state index in [1.807, 2.05) is 18.4 Å². The molecular formula is C17H22N2S. The van der Waals surface area contributed by atoms with Crippen molar-refractivity contribution in [1.82, 2.24) is 5.32 Å². The number of hydrogen-bond donors (Lipinski definition) is 1. The van der Waals surface area contributed by atoms with Crippen LogP contribution in [0.5, 0.6) is 0 Å². The maximum absolute atomic E-state index is 3.37. The van der Waals surface area contributed by atoms with E-state index in [-0.39, 0.29) is 0 Å². The summed E-state index contributed by atoms with van der Waals surface area (Å²) >= 11 is 1.85. The average Bonchev–Trinajstić information content (AvgIpc) is 3.20. The lowest BCUT2D eigenvalue weighted by Crippen LogP contribution is -2.27. The minimum absolute atomic E-state index is 0.385. The van der Waals surface area contributed by atoms with Crippen LogP contribution < -0.4 is 10.2 Å². The van der Waals surface area contributed by atoms with Gasteiger partial charge >= 0.3 is 0 Å². The zero-order valence-electron chi connectivity index (χ0n) is 12.2. The summed E-state index contributed by atoms with van der Waals surface area (Å²) < 4.78 is 0. The summed E-state index contributed by atoms with van der Waals surface area (Å²) in [5.41, 5.74) is 2.80. The molecule has 1 aliphatic rings. The molecule has 1 aromatic heterocycles. The van der Waals surface area contributed by atoms with Gasteiger partial charge in [0.2, 0.25) is 0 Å². The van der Waals surface area contributed by atoms with Gasteiger partial charge in [-0.25, -0.2) is 0 Å². The Hall–Kier alpha value is -1.32. The standard InChI is InChI=1S/C17H22N2S/c1-13(18-2)16-7-3-4-8-17(16)19(14-9-10-14)12-15-6-5-11-20-15/h3-8,11,13-14,18H,9-10,12H2,1-2H3. The van der Waals surface area contributed by atoms with E-state index in [4.69, 9.17) is 0 Å². The lowest BCUT2D eigenvalue weighted by molar-refractivity contribution is 0.645. The lowest BCUT2D eigenvalue weighted by atomic mass is 10.0. The summed E-state index contributed by atoms with van der Waals surface area (Å²) in [6.07, 6.45) is 2.65. The van der Waals surface area contributed by atoms with E-state index >= 15 is 0 Å². The average molecular weight is 286 g/mol. The van der Waals surface area contributed by atoms with Crippen LogP contribution in [0.1, 0.15) is 36.2 Å². The molecular weight excluding hydrogens is 264 g/mol. The minimum Gasteiger partial charge on any atom is -0.363 e. The third kappa shape index (κ3) is 2.89. The van der Waals surface area contributed by atoms with E-state index in [9.17, 15) is 0 Å². The van der Waals surface area contributed by atoms with Crippen LogP contribution in [-0.2, 0) is 6.54 Å². The second-order valence-electron chi connectivity index (χ2n) is 5.51. The molecule has 2 nitrogen and oxygen atoms in total. The molecule has 1 atom stereocenters. The van der Waals surface area contributed by atoms with Crippen molar-refractivity contribution in [3.8, 4) is 0 Å². The number of anilines is 1. The first-order valence-corrected chi connectivity index (χ1v) is 8.22. The van der Waals surface area contributed by atoms with Gasteiger partial charge in [-0.15, -0.1) is 11.3 Å². The smallest absolute Gasteiger partial charge is 0.0526 e. The molecule has 0 radical (unpaired) electrons. The fourth-order valence-electron chi connectivity index (χ4n) is 2.64. The summed E-state index contributed by atoms with van der Waals surface area (Å²) in [6, 6.07) is 14.3. The predicted molar refractivity (Wildman–Crippen MR) is 87.4 cm³/mol. The molecule has 106 valence electrons. The van der Waals surface area contributed by atoms with Gasteiger partial charge in [0.25, 0.3) is 0 Å². The van der Waals surface area contributed by atoms with Gasteiger partial charge in [-0.1, -0.05) is 24.3 Å². The first kappa shape index (κ1) is 13.7. The molecule has 3 rings (SSSR count).